The third-order valence-corrected chi connectivity index (χ3v) is 4.98. The topological polar surface area (TPSA) is 103 Å². The smallest absolute Gasteiger partial charge is 0.355 e. The van der Waals surface area contributed by atoms with Gasteiger partial charge < -0.3 is 9.30 Å². The molecule has 0 bridgehead atoms. The minimum Gasteiger partial charge on any atom is -0.454 e. The van der Waals surface area contributed by atoms with Crippen LogP contribution in [0.15, 0.2) is 17.2 Å². The number of nitrogens with one attached hydrogen (secondary N) is 1. The predicted molar refractivity (Wildman–Crippen MR) is 75.7 cm³/mol. The molecule has 21 heavy (non-hydrogen) atoms. The van der Waals surface area contributed by atoms with Gasteiger partial charge in [0.15, 0.2) is 0 Å². The van der Waals surface area contributed by atoms with E-state index in [1.165, 1.54) is 23.9 Å². The van der Waals surface area contributed by atoms with E-state index in [-0.39, 0.29) is 17.2 Å². The van der Waals surface area contributed by atoms with Crippen LogP contribution in [0.2, 0.25) is 4.34 Å². The summed E-state index contributed by atoms with van der Waals surface area (Å²) >= 11 is 6.78. The van der Waals surface area contributed by atoms with Gasteiger partial charge in [-0.1, -0.05) is 16.1 Å². The molecule has 0 aliphatic carbocycles. The lowest BCUT2D eigenvalue weighted by molar-refractivity contribution is 0.0456. The second-order valence-electron chi connectivity index (χ2n) is 3.95. The number of carbonyl (C=O) groups is 1. The summed E-state index contributed by atoms with van der Waals surface area (Å²) in [5.74, 6) is -0.681. The van der Waals surface area contributed by atoms with Gasteiger partial charge in [0, 0.05) is 24.8 Å². The van der Waals surface area contributed by atoms with Crippen molar-refractivity contribution in [1.29, 1.82) is 0 Å². The first-order chi connectivity index (χ1) is 9.85. The Kier molecular flexibility index (Phi) is 4.61. The maximum absolute atomic E-state index is 12.0. The fourth-order valence-corrected chi connectivity index (χ4v) is 2.89. The normalized spacial score (nSPS) is 11.6. The molecule has 0 saturated heterocycles. The number of carbonyl (C=O) groups excluding carboxylic acids is 1. The van der Waals surface area contributed by atoms with Crippen molar-refractivity contribution in [3.63, 3.8) is 0 Å². The Balaban J connectivity index is 2.15. The maximum atomic E-state index is 12.0. The molecular formula is C10H11ClN4O4S2. The average Bonchev–Trinajstić information content (AvgIpc) is 3.02. The van der Waals surface area contributed by atoms with E-state index in [4.69, 9.17) is 16.3 Å². The summed E-state index contributed by atoms with van der Waals surface area (Å²) in [7, 11) is -0.785. The number of aromatic nitrogens is 3. The Morgan fingerprint density at radius 1 is 1.57 bits per heavy atom. The van der Waals surface area contributed by atoms with Crippen molar-refractivity contribution in [3.05, 3.63) is 28.0 Å². The lowest BCUT2D eigenvalue weighted by Crippen LogP contribution is -2.17. The molecule has 0 amide bonds. The van der Waals surface area contributed by atoms with Gasteiger partial charge in [-0.2, -0.15) is 0 Å². The molecule has 2 heterocycles. The molecule has 0 aliphatic heterocycles. The highest BCUT2D eigenvalue weighted by molar-refractivity contribution is 7.89. The number of aryl methyl sites for hydroxylation is 1. The van der Waals surface area contributed by atoms with E-state index < -0.39 is 16.0 Å². The summed E-state index contributed by atoms with van der Waals surface area (Å²) in [6, 6.07) is 1.23. The highest BCUT2D eigenvalue weighted by Crippen LogP contribution is 2.19. The molecule has 114 valence electrons. The van der Waals surface area contributed by atoms with Crippen molar-refractivity contribution in [2.24, 2.45) is 7.05 Å². The summed E-state index contributed by atoms with van der Waals surface area (Å²) < 4.78 is 35.9. The summed E-state index contributed by atoms with van der Waals surface area (Å²) in [6.07, 6.45) is 1.32. The van der Waals surface area contributed by atoms with E-state index in [0.717, 1.165) is 11.5 Å². The van der Waals surface area contributed by atoms with Crippen LogP contribution >= 0.6 is 23.1 Å². The van der Waals surface area contributed by atoms with Gasteiger partial charge >= 0.3 is 5.97 Å². The first-order valence-corrected chi connectivity index (χ1v) is 8.22. The lowest BCUT2D eigenvalue weighted by atomic mass is 10.4. The minimum atomic E-state index is -3.62. The highest BCUT2D eigenvalue weighted by atomic mass is 35.5. The Labute approximate surface area is 129 Å². The Hall–Kier alpha value is -1.49. The molecule has 2 aromatic rings. The summed E-state index contributed by atoms with van der Waals surface area (Å²) in [5.41, 5.74) is 0.454. The molecule has 0 unspecified atom stereocenters. The van der Waals surface area contributed by atoms with E-state index in [1.807, 2.05) is 0 Å². The number of esters is 1. The van der Waals surface area contributed by atoms with E-state index in [2.05, 4.69) is 14.3 Å². The van der Waals surface area contributed by atoms with Crippen LogP contribution in [0.4, 0.5) is 0 Å². The van der Waals surface area contributed by atoms with Crippen LogP contribution < -0.4 is 4.72 Å². The van der Waals surface area contributed by atoms with Gasteiger partial charge in [-0.3, -0.25) is 0 Å². The molecule has 0 aliphatic rings. The van der Waals surface area contributed by atoms with Crippen LogP contribution in [0.5, 0.6) is 0 Å². The molecule has 0 saturated carbocycles. The molecule has 2 aromatic heterocycles. The molecule has 0 radical (unpaired) electrons. The Morgan fingerprint density at radius 2 is 2.29 bits per heavy atom. The van der Waals surface area contributed by atoms with Gasteiger partial charge in [-0.05, 0) is 13.1 Å². The second kappa shape index (κ2) is 6.10. The largest absolute Gasteiger partial charge is 0.454 e. The molecular weight excluding hydrogens is 340 g/mol. The van der Waals surface area contributed by atoms with Gasteiger partial charge in [0.25, 0.3) is 0 Å². The van der Waals surface area contributed by atoms with Crippen LogP contribution in [-0.4, -0.2) is 35.6 Å². The van der Waals surface area contributed by atoms with Crippen molar-refractivity contribution in [2.75, 3.05) is 7.05 Å². The van der Waals surface area contributed by atoms with E-state index in [0.29, 0.717) is 10.0 Å². The zero-order chi connectivity index (χ0) is 15.6. The predicted octanol–water partition coefficient (Wildman–Crippen LogP) is 0.795. The third-order valence-electron chi connectivity index (χ3n) is 2.62. The van der Waals surface area contributed by atoms with Crippen LogP contribution in [0.3, 0.4) is 0 Å². The van der Waals surface area contributed by atoms with Crippen molar-refractivity contribution in [2.45, 2.75) is 11.5 Å². The molecule has 8 nitrogen and oxygen atoms in total. The number of hydrogen-bond donors (Lipinski definition) is 1. The van der Waals surface area contributed by atoms with Gasteiger partial charge in [-0.25, -0.2) is 17.9 Å². The van der Waals surface area contributed by atoms with Crippen LogP contribution in [0.25, 0.3) is 0 Å². The van der Waals surface area contributed by atoms with E-state index >= 15 is 0 Å². The summed E-state index contributed by atoms with van der Waals surface area (Å²) in [6.45, 7) is -0.131. The molecule has 0 aromatic carbocycles. The number of rotatable bonds is 5. The van der Waals surface area contributed by atoms with Crippen molar-refractivity contribution in [3.8, 4) is 0 Å². The molecule has 0 atom stereocenters. The first kappa shape index (κ1) is 15.9. The highest BCUT2D eigenvalue weighted by Gasteiger charge is 2.20. The minimum absolute atomic E-state index is 0.0205. The fraction of sp³-hybridized carbons (Fsp3) is 0.300. The second-order valence-corrected chi connectivity index (χ2v) is 7.19. The number of ether oxygens (including phenoxy) is 1. The van der Waals surface area contributed by atoms with Crippen molar-refractivity contribution in [1.82, 2.24) is 18.9 Å². The van der Waals surface area contributed by atoms with Gasteiger partial charge in [0.1, 0.15) is 27.2 Å². The zero-order valence-electron chi connectivity index (χ0n) is 11.0. The quantitative estimate of drug-likeness (QED) is 0.800. The average molecular weight is 351 g/mol. The molecule has 2 rings (SSSR count). The maximum Gasteiger partial charge on any atom is 0.355 e. The number of halogens is 1. The Morgan fingerprint density at radius 3 is 2.86 bits per heavy atom. The summed E-state index contributed by atoms with van der Waals surface area (Å²) in [5, 5.41) is 3.71. The van der Waals surface area contributed by atoms with Crippen LogP contribution in [-0.2, 0) is 28.4 Å². The monoisotopic (exact) mass is 350 g/mol. The fourth-order valence-electron chi connectivity index (χ4n) is 1.49. The lowest BCUT2D eigenvalue weighted by Gasteiger charge is -2.03. The molecule has 1 N–H and O–H groups in total. The molecule has 11 heteroatoms. The van der Waals surface area contributed by atoms with E-state index in [1.54, 1.807) is 7.05 Å². The van der Waals surface area contributed by atoms with Crippen LogP contribution in [0, 0.1) is 0 Å². The molecule has 0 spiro atoms. The summed E-state index contributed by atoms with van der Waals surface area (Å²) in [4.78, 5) is 11.9. The SMILES string of the molecule is CNS(=O)(=O)c1cc(C(=O)OCc2nnsc2Cl)n(C)c1. The molecule has 0 fully saturated rings. The van der Waals surface area contributed by atoms with Crippen molar-refractivity contribution < 1.29 is 17.9 Å². The van der Waals surface area contributed by atoms with Crippen molar-refractivity contribution >= 4 is 39.1 Å². The van der Waals surface area contributed by atoms with Gasteiger partial charge in [0.05, 0.1) is 0 Å². The zero-order valence-corrected chi connectivity index (χ0v) is 13.4. The number of sulfonamides is 1. The Bertz CT molecular complexity index is 768. The number of nitrogens with zero attached hydrogens (tertiary/aromatic N) is 3. The van der Waals surface area contributed by atoms with Crippen LogP contribution in [0.1, 0.15) is 16.2 Å². The number of hydrogen-bond acceptors (Lipinski definition) is 7. The first-order valence-electron chi connectivity index (χ1n) is 5.59. The third kappa shape index (κ3) is 3.40. The van der Waals surface area contributed by atoms with Gasteiger partial charge in [-0.15, -0.1) is 5.10 Å². The van der Waals surface area contributed by atoms with E-state index in [9.17, 15) is 13.2 Å². The standard InChI is InChI=1S/C10H11ClN4O4S2/c1-12-21(17,18)6-3-8(15(2)4-6)10(16)19-5-7-9(11)20-14-13-7/h3-4,12H,5H2,1-2H3. The van der Waals surface area contributed by atoms with Gasteiger partial charge in [0.2, 0.25) is 10.0 Å².